The van der Waals surface area contributed by atoms with Gasteiger partial charge in [0.1, 0.15) is 0 Å². The molecule has 108 valence electrons. The summed E-state index contributed by atoms with van der Waals surface area (Å²) in [6, 6.07) is 6.06. The lowest BCUT2D eigenvalue weighted by molar-refractivity contribution is 0.471. The molecule has 2 aromatic heterocycles. The fourth-order valence-corrected chi connectivity index (χ4v) is 2.12. The Kier molecular flexibility index (Phi) is 4.39. The Morgan fingerprint density at radius 3 is 2.75 bits per heavy atom. The lowest BCUT2D eigenvalue weighted by atomic mass is 10.2. The number of rotatable bonds is 5. The highest BCUT2D eigenvalue weighted by Crippen LogP contribution is 2.10. The highest BCUT2D eigenvalue weighted by molar-refractivity contribution is 5.16. The molecule has 1 atom stereocenters. The molecule has 2 aromatic rings. The lowest BCUT2D eigenvalue weighted by Crippen LogP contribution is -2.27. The maximum Gasteiger partial charge on any atom is 0.255 e. The van der Waals surface area contributed by atoms with Crippen LogP contribution in [0.4, 0.5) is 0 Å². The van der Waals surface area contributed by atoms with Gasteiger partial charge in [0.25, 0.3) is 5.56 Å². The van der Waals surface area contributed by atoms with E-state index in [4.69, 9.17) is 5.73 Å². The van der Waals surface area contributed by atoms with Gasteiger partial charge in [-0.3, -0.25) is 9.48 Å². The van der Waals surface area contributed by atoms with Crippen molar-refractivity contribution in [3.63, 3.8) is 0 Å². The molecule has 0 spiro atoms. The third-order valence-electron chi connectivity index (χ3n) is 3.72. The summed E-state index contributed by atoms with van der Waals surface area (Å²) in [7, 11) is 0. The van der Waals surface area contributed by atoms with Crippen LogP contribution in [0.5, 0.6) is 0 Å². The summed E-state index contributed by atoms with van der Waals surface area (Å²) in [5.41, 5.74) is 8.02. The van der Waals surface area contributed by atoms with Crippen molar-refractivity contribution in [3.8, 4) is 0 Å². The Morgan fingerprint density at radius 1 is 1.35 bits per heavy atom. The summed E-state index contributed by atoms with van der Waals surface area (Å²) in [5.74, 6) is 0. The second-order valence-electron chi connectivity index (χ2n) is 5.14. The zero-order valence-electron chi connectivity index (χ0n) is 12.3. The SMILES string of the molecule is CCC(C)n1ccc(Cn2c(C)ccc(CN)c2=O)n1. The molecule has 0 radical (unpaired) electrons. The van der Waals surface area contributed by atoms with Gasteiger partial charge in [-0.05, 0) is 32.4 Å². The van der Waals surface area contributed by atoms with Crippen LogP contribution in [0, 0.1) is 6.92 Å². The number of aryl methyl sites for hydroxylation is 1. The van der Waals surface area contributed by atoms with E-state index < -0.39 is 0 Å². The van der Waals surface area contributed by atoms with E-state index in [0.717, 1.165) is 17.8 Å². The van der Waals surface area contributed by atoms with Crippen LogP contribution in [0.25, 0.3) is 0 Å². The minimum atomic E-state index is -0.0226. The summed E-state index contributed by atoms with van der Waals surface area (Å²) in [6.07, 6.45) is 3.00. The van der Waals surface area contributed by atoms with Gasteiger partial charge >= 0.3 is 0 Å². The van der Waals surface area contributed by atoms with E-state index in [1.165, 1.54) is 0 Å². The van der Waals surface area contributed by atoms with Crippen LogP contribution in [-0.2, 0) is 13.1 Å². The average molecular weight is 274 g/mol. The van der Waals surface area contributed by atoms with Gasteiger partial charge in [0.15, 0.2) is 0 Å². The van der Waals surface area contributed by atoms with Crippen LogP contribution in [0.2, 0.25) is 0 Å². The second kappa shape index (κ2) is 6.05. The quantitative estimate of drug-likeness (QED) is 0.904. The molecule has 0 saturated carbocycles. The van der Waals surface area contributed by atoms with E-state index in [2.05, 4.69) is 18.9 Å². The molecule has 0 aromatic carbocycles. The van der Waals surface area contributed by atoms with E-state index in [0.29, 0.717) is 18.2 Å². The van der Waals surface area contributed by atoms with Gasteiger partial charge in [-0.2, -0.15) is 5.10 Å². The molecule has 2 rings (SSSR count). The van der Waals surface area contributed by atoms with Crippen molar-refractivity contribution in [1.82, 2.24) is 14.3 Å². The first kappa shape index (κ1) is 14.5. The maximum atomic E-state index is 12.3. The molecule has 2 N–H and O–H groups in total. The molecule has 0 amide bonds. The first-order valence-corrected chi connectivity index (χ1v) is 7.00. The largest absolute Gasteiger partial charge is 0.326 e. The molecule has 2 heterocycles. The fourth-order valence-electron chi connectivity index (χ4n) is 2.12. The van der Waals surface area contributed by atoms with Gasteiger partial charge < -0.3 is 10.3 Å². The smallest absolute Gasteiger partial charge is 0.255 e. The van der Waals surface area contributed by atoms with Crippen LogP contribution in [0.15, 0.2) is 29.2 Å². The average Bonchev–Trinajstić information content (AvgIpc) is 2.91. The Balaban J connectivity index is 2.30. The predicted molar refractivity (Wildman–Crippen MR) is 79.7 cm³/mol. The highest BCUT2D eigenvalue weighted by atomic mass is 16.1. The van der Waals surface area contributed by atoms with Crippen molar-refractivity contribution in [3.05, 3.63) is 51.7 Å². The normalized spacial score (nSPS) is 12.6. The summed E-state index contributed by atoms with van der Waals surface area (Å²) in [5, 5.41) is 4.54. The lowest BCUT2D eigenvalue weighted by Gasteiger charge is -2.11. The standard InChI is InChI=1S/C15H22N4O/c1-4-11(2)19-8-7-14(17-19)10-18-12(3)5-6-13(9-16)15(18)20/h5-8,11H,4,9-10,16H2,1-3H3. The molecule has 0 aliphatic rings. The van der Waals surface area contributed by atoms with E-state index in [1.807, 2.05) is 29.9 Å². The van der Waals surface area contributed by atoms with E-state index >= 15 is 0 Å². The van der Waals surface area contributed by atoms with Gasteiger partial charge in [0, 0.05) is 30.0 Å². The minimum absolute atomic E-state index is 0.0226. The van der Waals surface area contributed by atoms with Crippen LogP contribution in [0.3, 0.4) is 0 Å². The summed E-state index contributed by atoms with van der Waals surface area (Å²) >= 11 is 0. The number of aromatic nitrogens is 3. The van der Waals surface area contributed by atoms with Crippen molar-refractivity contribution in [2.45, 2.75) is 46.3 Å². The summed E-state index contributed by atoms with van der Waals surface area (Å²) in [6.45, 7) is 6.93. The Bertz CT molecular complexity index is 642. The second-order valence-corrected chi connectivity index (χ2v) is 5.14. The number of hydrogen-bond donors (Lipinski definition) is 1. The Hall–Kier alpha value is -1.88. The predicted octanol–water partition coefficient (Wildman–Crippen LogP) is 1.83. The van der Waals surface area contributed by atoms with Crippen molar-refractivity contribution in [1.29, 1.82) is 0 Å². The summed E-state index contributed by atoms with van der Waals surface area (Å²) in [4.78, 5) is 12.3. The number of pyridine rings is 1. The van der Waals surface area contributed by atoms with Crippen molar-refractivity contribution < 1.29 is 0 Å². The topological polar surface area (TPSA) is 65.8 Å². The first-order chi connectivity index (χ1) is 9.56. The van der Waals surface area contributed by atoms with Crippen LogP contribution < -0.4 is 11.3 Å². The molecule has 0 aliphatic heterocycles. The molecular formula is C15H22N4O. The molecule has 5 nitrogen and oxygen atoms in total. The number of nitrogens with two attached hydrogens (primary N) is 1. The Morgan fingerprint density at radius 2 is 2.10 bits per heavy atom. The number of nitrogens with zero attached hydrogens (tertiary/aromatic N) is 3. The van der Waals surface area contributed by atoms with Gasteiger partial charge in [0.2, 0.25) is 0 Å². The third-order valence-corrected chi connectivity index (χ3v) is 3.72. The van der Waals surface area contributed by atoms with E-state index in [9.17, 15) is 4.79 Å². The monoisotopic (exact) mass is 274 g/mol. The molecule has 0 fully saturated rings. The maximum absolute atomic E-state index is 12.3. The fraction of sp³-hybridized carbons (Fsp3) is 0.467. The molecular weight excluding hydrogens is 252 g/mol. The zero-order valence-corrected chi connectivity index (χ0v) is 12.3. The minimum Gasteiger partial charge on any atom is -0.326 e. The van der Waals surface area contributed by atoms with Crippen LogP contribution in [-0.4, -0.2) is 14.3 Å². The molecule has 5 heteroatoms. The van der Waals surface area contributed by atoms with Crippen molar-refractivity contribution in [2.75, 3.05) is 0 Å². The third kappa shape index (κ3) is 2.82. The summed E-state index contributed by atoms with van der Waals surface area (Å²) < 4.78 is 3.67. The molecule has 0 bridgehead atoms. The van der Waals surface area contributed by atoms with Crippen molar-refractivity contribution in [2.24, 2.45) is 5.73 Å². The van der Waals surface area contributed by atoms with Gasteiger partial charge in [-0.1, -0.05) is 13.0 Å². The van der Waals surface area contributed by atoms with E-state index in [1.54, 1.807) is 10.6 Å². The van der Waals surface area contributed by atoms with Gasteiger partial charge in [0.05, 0.1) is 12.2 Å². The number of hydrogen-bond acceptors (Lipinski definition) is 3. The van der Waals surface area contributed by atoms with E-state index in [-0.39, 0.29) is 12.1 Å². The molecule has 1 unspecified atom stereocenters. The Labute approximate surface area is 119 Å². The van der Waals surface area contributed by atoms with Gasteiger partial charge in [-0.15, -0.1) is 0 Å². The molecule has 0 saturated heterocycles. The molecule has 0 aliphatic carbocycles. The van der Waals surface area contributed by atoms with Gasteiger partial charge in [-0.25, -0.2) is 0 Å². The highest BCUT2D eigenvalue weighted by Gasteiger charge is 2.09. The zero-order chi connectivity index (χ0) is 14.7. The van der Waals surface area contributed by atoms with Crippen LogP contribution >= 0.6 is 0 Å². The first-order valence-electron chi connectivity index (χ1n) is 7.00. The van der Waals surface area contributed by atoms with Crippen molar-refractivity contribution >= 4 is 0 Å². The molecule has 20 heavy (non-hydrogen) atoms. The van der Waals surface area contributed by atoms with Crippen LogP contribution in [0.1, 0.15) is 43.3 Å².